The molecule has 0 saturated heterocycles. The zero-order valence-electron chi connectivity index (χ0n) is 13.1. The van der Waals surface area contributed by atoms with Crippen molar-refractivity contribution in [1.82, 2.24) is 4.90 Å². The highest BCUT2D eigenvalue weighted by Gasteiger charge is 2.36. The molecule has 0 aromatic carbocycles. The molecule has 2 atom stereocenters. The molecule has 0 bridgehead atoms. The smallest absolute Gasteiger partial charge is 0.0558 e. The van der Waals surface area contributed by atoms with Gasteiger partial charge in [0.15, 0.2) is 0 Å². The maximum absolute atomic E-state index is 9.91. The van der Waals surface area contributed by atoms with Crippen molar-refractivity contribution in [3.05, 3.63) is 0 Å². The predicted octanol–water partition coefficient (Wildman–Crippen LogP) is 2.66. The van der Waals surface area contributed by atoms with Crippen molar-refractivity contribution >= 4 is 0 Å². The lowest BCUT2D eigenvalue weighted by molar-refractivity contribution is 0.00392. The molecule has 114 valence electrons. The lowest BCUT2D eigenvalue weighted by Gasteiger charge is -2.44. The molecule has 2 unspecified atom stereocenters. The molecule has 1 aliphatic carbocycles. The van der Waals surface area contributed by atoms with Gasteiger partial charge in [-0.1, -0.05) is 33.6 Å². The van der Waals surface area contributed by atoms with Crippen molar-refractivity contribution in [2.45, 2.75) is 65.3 Å². The van der Waals surface area contributed by atoms with Crippen molar-refractivity contribution in [2.24, 2.45) is 11.3 Å². The van der Waals surface area contributed by atoms with Crippen LogP contribution in [0.2, 0.25) is 0 Å². The normalized spacial score (nSPS) is 28.3. The summed E-state index contributed by atoms with van der Waals surface area (Å²) in [6.07, 6.45) is 7.03. The topological polar surface area (TPSA) is 43.7 Å². The summed E-state index contributed by atoms with van der Waals surface area (Å²) in [5.41, 5.74) is 0.0649. The van der Waals surface area contributed by atoms with Gasteiger partial charge in [0, 0.05) is 31.2 Å². The molecule has 0 amide bonds. The van der Waals surface area contributed by atoms with Crippen LogP contribution in [0.15, 0.2) is 0 Å². The fourth-order valence-electron chi connectivity index (χ4n) is 3.86. The highest BCUT2D eigenvalue weighted by atomic mass is 16.3. The van der Waals surface area contributed by atoms with Crippen LogP contribution in [0.3, 0.4) is 0 Å². The molecule has 2 N–H and O–H groups in total. The van der Waals surface area contributed by atoms with Crippen LogP contribution in [0.4, 0.5) is 0 Å². The minimum absolute atomic E-state index is 0.0649. The maximum Gasteiger partial charge on any atom is 0.0558 e. The van der Waals surface area contributed by atoms with E-state index in [1.807, 2.05) is 0 Å². The van der Waals surface area contributed by atoms with Crippen LogP contribution >= 0.6 is 0 Å². The zero-order chi connectivity index (χ0) is 14.3. The summed E-state index contributed by atoms with van der Waals surface area (Å²) in [4.78, 5) is 2.41. The Bertz CT molecular complexity index is 243. The van der Waals surface area contributed by atoms with E-state index >= 15 is 0 Å². The molecule has 0 aromatic rings. The van der Waals surface area contributed by atoms with E-state index in [1.165, 1.54) is 12.8 Å². The Labute approximate surface area is 119 Å². The molecular formula is C16H33NO2. The van der Waals surface area contributed by atoms with Gasteiger partial charge >= 0.3 is 0 Å². The second-order valence-electron chi connectivity index (χ2n) is 6.52. The molecule has 19 heavy (non-hydrogen) atoms. The quantitative estimate of drug-likeness (QED) is 0.713. The average Bonchev–Trinajstić information content (AvgIpc) is 2.40. The third-order valence-electron chi connectivity index (χ3n) is 4.91. The number of rotatable bonds is 8. The highest BCUT2D eigenvalue weighted by Crippen LogP contribution is 2.40. The van der Waals surface area contributed by atoms with E-state index in [9.17, 15) is 10.2 Å². The summed E-state index contributed by atoms with van der Waals surface area (Å²) < 4.78 is 0. The number of aliphatic hydroxyl groups excluding tert-OH is 2. The van der Waals surface area contributed by atoms with Gasteiger partial charge in [0.2, 0.25) is 0 Å². The summed E-state index contributed by atoms with van der Waals surface area (Å²) in [7, 11) is 0. The van der Waals surface area contributed by atoms with Crippen molar-refractivity contribution in [3.63, 3.8) is 0 Å². The average molecular weight is 271 g/mol. The Balaban J connectivity index is 2.73. The van der Waals surface area contributed by atoms with Crippen LogP contribution in [-0.4, -0.2) is 47.5 Å². The SMILES string of the molecule is CCC(CC)N(CCO)CC1(CO)CCCC(C)C1. The van der Waals surface area contributed by atoms with Gasteiger partial charge in [-0.05, 0) is 31.6 Å². The summed E-state index contributed by atoms with van der Waals surface area (Å²) in [6.45, 7) is 8.93. The Morgan fingerprint density at radius 3 is 2.42 bits per heavy atom. The third-order valence-corrected chi connectivity index (χ3v) is 4.91. The summed E-state index contributed by atoms with van der Waals surface area (Å²) in [5, 5.41) is 19.2. The first-order chi connectivity index (χ1) is 9.10. The second-order valence-corrected chi connectivity index (χ2v) is 6.52. The van der Waals surface area contributed by atoms with Crippen molar-refractivity contribution in [3.8, 4) is 0 Å². The van der Waals surface area contributed by atoms with E-state index in [0.717, 1.165) is 44.7 Å². The van der Waals surface area contributed by atoms with E-state index < -0.39 is 0 Å². The fraction of sp³-hybridized carbons (Fsp3) is 1.00. The van der Waals surface area contributed by atoms with Crippen molar-refractivity contribution < 1.29 is 10.2 Å². The molecule has 0 aliphatic heterocycles. The fourth-order valence-corrected chi connectivity index (χ4v) is 3.86. The molecule has 3 heteroatoms. The number of hydrogen-bond donors (Lipinski definition) is 2. The Morgan fingerprint density at radius 1 is 1.26 bits per heavy atom. The molecular weight excluding hydrogens is 238 g/mol. The van der Waals surface area contributed by atoms with Gasteiger partial charge in [-0.3, -0.25) is 4.90 Å². The molecule has 1 saturated carbocycles. The minimum Gasteiger partial charge on any atom is -0.396 e. The van der Waals surface area contributed by atoms with Crippen LogP contribution in [-0.2, 0) is 0 Å². The van der Waals surface area contributed by atoms with E-state index in [1.54, 1.807) is 0 Å². The Morgan fingerprint density at radius 2 is 1.95 bits per heavy atom. The van der Waals surface area contributed by atoms with Crippen molar-refractivity contribution in [1.29, 1.82) is 0 Å². The van der Waals surface area contributed by atoms with Crippen LogP contribution in [0.1, 0.15) is 59.3 Å². The van der Waals surface area contributed by atoms with Crippen LogP contribution in [0.5, 0.6) is 0 Å². The molecule has 0 radical (unpaired) electrons. The van der Waals surface area contributed by atoms with Gasteiger partial charge in [0.1, 0.15) is 0 Å². The summed E-state index contributed by atoms with van der Waals surface area (Å²) >= 11 is 0. The number of aliphatic hydroxyl groups is 2. The standard InChI is InChI=1S/C16H33NO2/c1-4-15(5-2)17(9-10-18)12-16(13-19)8-6-7-14(3)11-16/h14-15,18-19H,4-13H2,1-3H3. The van der Waals surface area contributed by atoms with E-state index in [2.05, 4.69) is 25.7 Å². The third kappa shape index (κ3) is 4.73. The predicted molar refractivity (Wildman–Crippen MR) is 80.2 cm³/mol. The molecule has 1 rings (SSSR count). The first-order valence-corrected chi connectivity index (χ1v) is 8.06. The van der Waals surface area contributed by atoms with Crippen LogP contribution in [0.25, 0.3) is 0 Å². The van der Waals surface area contributed by atoms with Crippen molar-refractivity contribution in [2.75, 3.05) is 26.3 Å². The molecule has 0 heterocycles. The molecule has 0 aromatic heterocycles. The Kier molecular flexibility index (Phi) is 7.33. The van der Waals surface area contributed by atoms with Gasteiger partial charge in [0.05, 0.1) is 6.61 Å². The zero-order valence-corrected chi connectivity index (χ0v) is 13.1. The largest absolute Gasteiger partial charge is 0.396 e. The second kappa shape index (κ2) is 8.23. The van der Waals surface area contributed by atoms with Gasteiger partial charge in [-0.15, -0.1) is 0 Å². The monoisotopic (exact) mass is 271 g/mol. The number of nitrogens with zero attached hydrogens (tertiary/aromatic N) is 1. The van der Waals surface area contributed by atoms with Crippen LogP contribution < -0.4 is 0 Å². The van der Waals surface area contributed by atoms with Crippen LogP contribution in [0, 0.1) is 11.3 Å². The number of hydrogen-bond acceptors (Lipinski definition) is 3. The van der Waals surface area contributed by atoms with Gasteiger partial charge in [-0.2, -0.15) is 0 Å². The minimum atomic E-state index is 0.0649. The summed E-state index contributed by atoms with van der Waals surface area (Å²) in [5.74, 6) is 0.721. The highest BCUT2D eigenvalue weighted by molar-refractivity contribution is 4.89. The molecule has 0 spiro atoms. The maximum atomic E-state index is 9.91. The molecule has 3 nitrogen and oxygen atoms in total. The van der Waals surface area contributed by atoms with E-state index in [0.29, 0.717) is 12.6 Å². The van der Waals surface area contributed by atoms with E-state index in [-0.39, 0.29) is 12.0 Å². The Hall–Kier alpha value is -0.120. The first-order valence-electron chi connectivity index (χ1n) is 8.06. The molecule has 1 aliphatic rings. The van der Waals surface area contributed by atoms with Gasteiger partial charge in [-0.25, -0.2) is 0 Å². The lowest BCUT2D eigenvalue weighted by Crippen LogP contribution is -2.47. The first kappa shape index (κ1) is 16.9. The molecule has 1 fully saturated rings. The summed E-state index contributed by atoms with van der Waals surface area (Å²) in [6, 6.07) is 0.535. The van der Waals surface area contributed by atoms with Gasteiger partial charge in [0.25, 0.3) is 0 Å². The van der Waals surface area contributed by atoms with E-state index in [4.69, 9.17) is 0 Å². The van der Waals surface area contributed by atoms with Gasteiger partial charge < -0.3 is 10.2 Å². The lowest BCUT2D eigenvalue weighted by atomic mass is 9.70.